The second-order valence-corrected chi connectivity index (χ2v) is 15.7. The standard InChI is InChI=1S/C32H52O4/c1-20(34)36-26-18-27(2,3)17-22-21-9-10-24-29(5)13-12-25(35)30(6,19-33)23(29)11-14-32(24,8)31(21,7)16-15-28(22,26)4/h9,22-26,33,35H,10-19H2,1-8H3/t22-,23+,24+,25-,26?,28+,29-,30+,31+,32+/m0/s1. The van der Waals surface area contributed by atoms with Gasteiger partial charge in [0.25, 0.3) is 0 Å². The minimum absolute atomic E-state index is 0.00123. The maximum atomic E-state index is 12.1. The van der Waals surface area contributed by atoms with Crippen LogP contribution in [0.5, 0.6) is 0 Å². The van der Waals surface area contributed by atoms with Gasteiger partial charge in [-0.1, -0.05) is 60.1 Å². The highest BCUT2D eigenvalue weighted by molar-refractivity contribution is 5.66. The van der Waals surface area contributed by atoms with Crippen molar-refractivity contribution in [3.8, 4) is 0 Å². The monoisotopic (exact) mass is 500 g/mol. The lowest BCUT2D eigenvalue weighted by atomic mass is 9.33. The Morgan fingerprint density at radius 2 is 1.64 bits per heavy atom. The van der Waals surface area contributed by atoms with Crippen molar-refractivity contribution in [3.05, 3.63) is 11.6 Å². The van der Waals surface area contributed by atoms with Crippen molar-refractivity contribution in [2.45, 2.75) is 125 Å². The number of esters is 1. The lowest BCUT2D eigenvalue weighted by molar-refractivity contribution is -0.219. The first-order valence-corrected chi connectivity index (χ1v) is 14.7. The summed E-state index contributed by atoms with van der Waals surface area (Å²) in [5.41, 5.74) is 1.85. The van der Waals surface area contributed by atoms with Crippen molar-refractivity contribution >= 4 is 5.97 Å². The van der Waals surface area contributed by atoms with E-state index in [1.54, 1.807) is 12.5 Å². The van der Waals surface area contributed by atoms with Crippen LogP contribution in [0.1, 0.15) is 113 Å². The van der Waals surface area contributed by atoms with Crippen LogP contribution in [-0.4, -0.2) is 35.0 Å². The van der Waals surface area contributed by atoms with Crippen LogP contribution in [0.15, 0.2) is 11.6 Å². The highest BCUT2D eigenvalue weighted by Crippen LogP contribution is 2.75. The van der Waals surface area contributed by atoms with Crippen molar-refractivity contribution in [2.24, 2.45) is 50.2 Å². The van der Waals surface area contributed by atoms with E-state index in [1.165, 1.54) is 0 Å². The SMILES string of the molecule is CC(=O)OC1CC(C)(C)C[C@H]2C3=CC[C@@H]4[C@@]5(C)CC[C@H](O)[C@](C)(CO)[C@@H]5CC[C@@]4(C)[C@]3(C)CC[C@@]12C. The normalized spacial score (nSPS) is 53.7. The molecule has 0 aromatic carbocycles. The van der Waals surface area contributed by atoms with Gasteiger partial charge in [-0.15, -0.1) is 0 Å². The molecule has 4 heteroatoms. The molecule has 0 heterocycles. The van der Waals surface area contributed by atoms with Crippen LogP contribution in [0.25, 0.3) is 0 Å². The number of ether oxygens (including phenoxy) is 1. The van der Waals surface area contributed by atoms with E-state index in [1.807, 2.05) is 0 Å². The van der Waals surface area contributed by atoms with Crippen molar-refractivity contribution in [2.75, 3.05) is 6.61 Å². The largest absolute Gasteiger partial charge is 0.462 e. The third kappa shape index (κ3) is 3.34. The quantitative estimate of drug-likeness (QED) is 0.328. The third-order valence-corrected chi connectivity index (χ3v) is 13.5. The van der Waals surface area contributed by atoms with Gasteiger partial charge >= 0.3 is 5.97 Å². The van der Waals surface area contributed by atoms with E-state index in [2.05, 4.69) is 54.5 Å². The van der Waals surface area contributed by atoms with Crippen molar-refractivity contribution < 1.29 is 19.7 Å². The fraction of sp³-hybridized carbons (Fsp3) is 0.906. The van der Waals surface area contributed by atoms with Gasteiger partial charge in [-0.2, -0.15) is 0 Å². The molecule has 0 saturated heterocycles. The Kier molecular flexibility index (Phi) is 5.99. The van der Waals surface area contributed by atoms with E-state index in [9.17, 15) is 15.0 Å². The Labute approximate surface area is 219 Å². The number of rotatable bonds is 2. The van der Waals surface area contributed by atoms with Crippen LogP contribution in [0.2, 0.25) is 0 Å². The summed E-state index contributed by atoms with van der Waals surface area (Å²) in [5, 5.41) is 21.4. The Morgan fingerprint density at radius 3 is 2.28 bits per heavy atom. The van der Waals surface area contributed by atoms with Crippen LogP contribution < -0.4 is 0 Å². The maximum Gasteiger partial charge on any atom is 0.302 e. The molecule has 4 fully saturated rings. The van der Waals surface area contributed by atoms with Gasteiger partial charge in [-0.3, -0.25) is 4.79 Å². The number of aliphatic hydroxyl groups is 2. The van der Waals surface area contributed by atoms with Gasteiger partial charge in [0.15, 0.2) is 0 Å². The molecule has 0 aliphatic heterocycles. The van der Waals surface area contributed by atoms with E-state index < -0.39 is 11.5 Å². The van der Waals surface area contributed by atoms with E-state index >= 15 is 0 Å². The molecule has 5 aliphatic rings. The lowest BCUT2D eigenvalue weighted by Gasteiger charge is -2.71. The minimum atomic E-state index is -0.409. The molecular formula is C32H52O4. The molecule has 5 aliphatic carbocycles. The van der Waals surface area contributed by atoms with Gasteiger partial charge in [0.1, 0.15) is 6.10 Å². The number of allylic oxidation sites excluding steroid dienone is 2. The molecule has 2 N–H and O–H groups in total. The van der Waals surface area contributed by atoms with E-state index in [4.69, 9.17) is 4.74 Å². The number of aliphatic hydroxyl groups excluding tert-OH is 2. The van der Waals surface area contributed by atoms with Crippen LogP contribution in [-0.2, 0) is 9.53 Å². The first kappa shape index (κ1) is 26.7. The zero-order valence-electron chi connectivity index (χ0n) is 24.2. The van der Waals surface area contributed by atoms with Gasteiger partial charge in [0.2, 0.25) is 0 Å². The summed E-state index contributed by atoms with van der Waals surface area (Å²) in [6.45, 7) is 18.6. The predicted molar refractivity (Wildman–Crippen MR) is 143 cm³/mol. The molecule has 0 bridgehead atoms. The summed E-state index contributed by atoms with van der Waals surface area (Å²) in [6.07, 6.45) is 11.8. The fourth-order valence-electron chi connectivity index (χ4n) is 11.0. The number of carbonyl (C=O) groups excluding carboxylic acids is 1. The third-order valence-electron chi connectivity index (χ3n) is 13.5. The first-order valence-electron chi connectivity index (χ1n) is 14.7. The molecule has 0 radical (unpaired) electrons. The molecule has 1 unspecified atom stereocenters. The predicted octanol–water partition coefficient (Wildman–Crippen LogP) is 6.68. The molecule has 5 rings (SSSR count). The number of fused-ring (bicyclic) bond motifs is 7. The molecular weight excluding hydrogens is 448 g/mol. The van der Waals surface area contributed by atoms with Crippen molar-refractivity contribution in [1.82, 2.24) is 0 Å². The number of carbonyl (C=O) groups is 1. The van der Waals surface area contributed by atoms with Crippen molar-refractivity contribution in [1.29, 1.82) is 0 Å². The Hall–Kier alpha value is -0.870. The Bertz CT molecular complexity index is 954. The summed E-state index contributed by atoms with van der Waals surface area (Å²) in [4.78, 5) is 12.1. The van der Waals surface area contributed by atoms with E-state index in [-0.39, 0.29) is 45.8 Å². The molecule has 36 heavy (non-hydrogen) atoms. The average Bonchev–Trinajstić information content (AvgIpc) is 2.78. The van der Waals surface area contributed by atoms with Gasteiger partial charge in [-0.05, 0) is 97.2 Å². The minimum Gasteiger partial charge on any atom is -0.462 e. The molecule has 4 nitrogen and oxygen atoms in total. The summed E-state index contributed by atoms with van der Waals surface area (Å²) >= 11 is 0. The first-order chi connectivity index (χ1) is 16.6. The fourth-order valence-corrected chi connectivity index (χ4v) is 11.0. The molecule has 0 spiro atoms. The average molecular weight is 501 g/mol. The molecule has 0 amide bonds. The Morgan fingerprint density at radius 1 is 0.944 bits per heavy atom. The van der Waals surface area contributed by atoms with E-state index in [0.717, 1.165) is 57.8 Å². The van der Waals surface area contributed by atoms with Crippen LogP contribution in [0, 0.1) is 50.2 Å². The second kappa shape index (κ2) is 8.07. The summed E-state index contributed by atoms with van der Waals surface area (Å²) in [5.74, 6) is 1.21. The number of hydrogen-bond donors (Lipinski definition) is 2. The lowest BCUT2D eigenvalue weighted by Crippen LogP contribution is -2.66. The highest BCUT2D eigenvalue weighted by Gasteiger charge is 2.69. The highest BCUT2D eigenvalue weighted by atomic mass is 16.5. The molecule has 0 aromatic rings. The smallest absolute Gasteiger partial charge is 0.302 e. The van der Waals surface area contributed by atoms with Crippen LogP contribution >= 0.6 is 0 Å². The molecule has 204 valence electrons. The summed E-state index contributed by atoms with van der Waals surface area (Å²) < 4.78 is 6.06. The molecule has 0 aromatic heterocycles. The summed E-state index contributed by atoms with van der Waals surface area (Å²) in [6, 6.07) is 0. The zero-order chi connectivity index (χ0) is 26.5. The Balaban J connectivity index is 1.57. The zero-order valence-corrected chi connectivity index (χ0v) is 24.2. The molecule has 10 atom stereocenters. The van der Waals surface area contributed by atoms with E-state index in [0.29, 0.717) is 17.8 Å². The second-order valence-electron chi connectivity index (χ2n) is 15.7. The van der Waals surface area contributed by atoms with Crippen molar-refractivity contribution in [3.63, 3.8) is 0 Å². The summed E-state index contributed by atoms with van der Waals surface area (Å²) in [7, 11) is 0. The van der Waals surface area contributed by atoms with Crippen LogP contribution in [0.3, 0.4) is 0 Å². The van der Waals surface area contributed by atoms with Crippen LogP contribution in [0.4, 0.5) is 0 Å². The molecule has 4 saturated carbocycles. The van der Waals surface area contributed by atoms with Gasteiger partial charge in [0.05, 0.1) is 12.7 Å². The number of hydrogen-bond acceptors (Lipinski definition) is 4. The van der Waals surface area contributed by atoms with Gasteiger partial charge in [0, 0.05) is 17.8 Å². The van der Waals surface area contributed by atoms with Gasteiger partial charge < -0.3 is 14.9 Å². The maximum absolute atomic E-state index is 12.1. The topological polar surface area (TPSA) is 66.8 Å². The van der Waals surface area contributed by atoms with Gasteiger partial charge in [-0.25, -0.2) is 0 Å².